The summed E-state index contributed by atoms with van der Waals surface area (Å²) in [6.45, 7) is 11.5. The van der Waals surface area contributed by atoms with Gasteiger partial charge in [-0.05, 0) is 25.5 Å². The Labute approximate surface area is 141 Å². The van der Waals surface area contributed by atoms with Crippen molar-refractivity contribution in [2.75, 3.05) is 0 Å². The van der Waals surface area contributed by atoms with E-state index >= 15 is 0 Å². The Morgan fingerprint density at radius 2 is 1.48 bits per heavy atom. The number of rotatable bonds is 6. The summed E-state index contributed by atoms with van der Waals surface area (Å²) in [6.07, 6.45) is 4.55. The minimum atomic E-state index is -0.675. The highest BCUT2D eigenvalue weighted by atomic mass is 16.4. The fourth-order valence-corrected chi connectivity index (χ4v) is 1.47. The van der Waals surface area contributed by atoms with Crippen LogP contribution in [0.1, 0.15) is 84.0 Å². The van der Waals surface area contributed by atoms with Crippen molar-refractivity contribution in [1.29, 1.82) is 0 Å². The second-order valence-electron chi connectivity index (χ2n) is 4.28. The minimum Gasteiger partial charge on any atom is -0.507 e. The maximum Gasteiger partial charge on any atom is 0.303 e. The number of carbonyl (C=O) groups is 2. The van der Waals surface area contributed by atoms with E-state index in [1.807, 2.05) is 27.7 Å². The Bertz CT molecular complexity index is 400. The van der Waals surface area contributed by atoms with Crippen LogP contribution in [-0.2, 0) is 4.79 Å². The molecule has 4 nitrogen and oxygen atoms in total. The van der Waals surface area contributed by atoms with Crippen molar-refractivity contribution in [3.8, 4) is 5.75 Å². The van der Waals surface area contributed by atoms with Gasteiger partial charge in [-0.1, -0.05) is 66.0 Å². The summed E-state index contributed by atoms with van der Waals surface area (Å²) in [4.78, 5) is 20.7. The van der Waals surface area contributed by atoms with E-state index in [0.29, 0.717) is 12.0 Å². The lowest BCUT2D eigenvalue weighted by Crippen LogP contribution is -1.92. The van der Waals surface area contributed by atoms with Crippen LogP contribution in [0.4, 0.5) is 0 Å². The molecule has 0 spiro atoms. The van der Waals surface area contributed by atoms with Crippen molar-refractivity contribution in [1.82, 2.24) is 0 Å². The second kappa shape index (κ2) is 20.2. The number of ketones is 1. The van der Waals surface area contributed by atoms with Gasteiger partial charge in [-0.15, -0.1) is 0 Å². The van der Waals surface area contributed by atoms with Crippen LogP contribution >= 0.6 is 0 Å². The summed E-state index contributed by atoms with van der Waals surface area (Å²) in [5, 5.41) is 17.3. The number of phenolic OH excluding ortho intramolecular Hbond substituents is 1. The zero-order valence-electron chi connectivity index (χ0n) is 15.6. The minimum absolute atomic E-state index is 0.0509. The van der Waals surface area contributed by atoms with Gasteiger partial charge in [0.05, 0.1) is 5.56 Å². The van der Waals surface area contributed by atoms with Gasteiger partial charge >= 0.3 is 5.97 Å². The van der Waals surface area contributed by atoms with Crippen LogP contribution in [0.15, 0.2) is 24.3 Å². The molecule has 4 heteroatoms. The van der Waals surface area contributed by atoms with Crippen molar-refractivity contribution in [2.24, 2.45) is 0 Å². The topological polar surface area (TPSA) is 74.6 Å². The average molecular weight is 326 g/mol. The second-order valence-corrected chi connectivity index (χ2v) is 4.28. The standard InChI is InChI=1S/C8H8O2.C7H14O2.2C2H6/c1-6(9)7-4-2-3-5-8(7)10;1-2-3-4-5-6-7(8)9;2*1-2/h2-5,10H,1H3;2-6H2,1H3,(H,8,9);2*1-2H3. The Morgan fingerprint density at radius 3 is 1.83 bits per heavy atom. The quantitative estimate of drug-likeness (QED) is 0.520. The lowest BCUT2D eigenvalue weighted by atomic mass is 10.1. The molecule has 0 unspecified atom stereocenters. The normalized spacial score (nSPS) is 8.26. The third-order valence-electron chi connectivity index (χ3n) is 2.53. The van der Waals surface area contributed by atoms with Gasteiger partial charge in [0, 0.05) is 6.42 Å². The molecule has 2 N–H and O–H groups in total. The average Bonchev–Trinajstić information content (AvgIpc) is 2.56. The smallest absolute Gasteiger partial charge is 0.303 e. The lowest BCUT2D eigenvalue weighted by molar-refractivity contribution is -0.137. The molecule has 0 aliphatic carbocycles. The van der Waals surface area contributed by atoms with E-state index in [4.69, 9.17) is 10.2 Å². The lowest BCUT2D eigenvalue weighted by Gasteiger charge is -1.96. The van der Waals surface area contributed by atoms with Gasteiger partial charge in [0.1, 0.15) is 5.75 Å². The van der Waals surface area contributed by atoms with Gasteiger partial charge in [0.15, 0.2) is 5.78 Å². The van der Waals surface area contributed by atoms with Crippen LogP contribution in [0.3, 0.4) is 0 Å². The molecule has 134 valence electrons. The number of aromatic hydroxyl groups is 1. The molecule has 0 aliphatic heterocycles. The zero-order valence-corrected chi connectivity index (χ0v) is 15.6. The molecule has 23 heavy (non-hydrogen) atoms. The van der Waals surface area contributed by atoms with E-state index in [1.54, 1.807) is 18.2 Å². The maximum absolute atomic E-state index is 10.7. The molecule has 0 saturated carbocycles. The molecule has 0 aromatic heterocycles. The number of carboxylic acid groups (broad SMARTS) is 1. The van der Waals surface area contributed by atoms with E-state index < -0.39 is 5.97 Å². The number of carboxylic acids is 1. The molecule has 0 heterocycles. The number of hydrogen-bond donors (Lipinski definition) is 2. The third-order valence-corrected chi connectivity index (χ3v) is 2.53. The number of carbonyl (C=O) groups excluding carboxylic acids is 1. The molecule has 1 rings (SSSR count). The number of para-hydroxylation sites is 1. The number of benzene rings is 1. The van der Waals surface area contributed by atoms with Gasteiger partial charge in [0.25, 0.3) is 0 Å². The Hall–Kier alpha value is -1.84. The monoisotopic (exact) mass is 326 g/mol. The van der Waals surface area contributed by atoms with Crippen LogP contribution in [0.2, 0.25) is 0 Å². The number of hydrogen-bond acceptors (Lipinski definition) is 3. The largest absolute Gasteiger partial charge is 0.507 e. The van der Waals surface area contributed by atoms with Crippen LogP contribution in [0.5, 0.6) is 5.75 Å². The molecule has 1 aromatic carbocycles. The van der Waals surface area contributed by atoms with Gasteiger partial charge in [-0.3, -0.25) is 9.59 Å². The van der Waals surface area contributed by atoms with Crippen LogP contribution < -0.4 is 0 Å². The van der Waals surface area contributed by atoms with Crippen molar-refractivity contribution in [2.45, 2.75) is 73.6 Å². The van der Waals surface area contributed by atoms with Crippen LogP contribution in [0, 0.1) is 0 Å². The number of unbranched alkanes of at least 4 members (excludes halogenated alkanes) is 3. The zero-order chi connectivity index (χ0) is 18.7. The molecule has 0 radical (unpaired) electrons. The van der Waals surface area contributed by atoms with Crippen molar-refractivity contribution >= 4 is 11.8 Å². The molecule has 0 amide bonds. The van der Waals surface area contributed by atoms with Gasteiger partial charge < -0.3 is 10.2 Å². The predicted octanol–water partition coefficient (Wildman–Crippen LogP) is 5.69. The van der Waals surface area contributed by atoms with Gasteiger partial charge in [0.2, 0.25) is 0 Å². The molecule has 0 fully saturated rings. The third kappa shape index (κ3) is 18.1. The number of aliphatic carboxylic acids is 1. The molecular formula is C19H34O4. The van der Waals surface area contributed by atoms with E-state index in [9.17, 15) is 9.59 Å². The summed E-state index contributed by atoms with van der Waals surface area (Å²) in [5.41, 5.74) is 0.377. The molecule has 1 aromatic rings. The Morgan fingerprint density at radius 1 is 0.957 bits per heavy atom. The highest BCUT2D eigenvalue weighted by molar-refractivity contribution is 5.96. The van der Waals surface area contributed by atoms with E-state index in [1.165, 1.54) is 19.4 Å². The van der Waals surface area contributed by atoms with E-state index in [2.05, 4.69) is 6.92 Å². The predicted molar refractivity (Wildman–Crippen MR) is 97.2 cm³/mol. The van der Waals surface area contributed by atoms with Crippen molar-refractivity contribution in [3.63, 3.8) is 0 Å². The first-order chi connectivity index (χ1) is 11.0. The Balaban J connectivity index is -0.000000287. The number of Topliss-reactive ketones (excluding diaryl/α,β-unsaturated/α-hetero) is 1. The molecule has 0 saturated heterocycles. The Kier molecular flexibility index (Phi) is 22.9. The maximum atomic E-state index is 10.7. The van der Waals surface area contributed by atoms with Crippen molar-refractivity contribution in [3.05, 3.63) is 29.8 Å². The summed E-state index contributed by atoms with van der Waals surface area (Å²) >= 11 is 0. The molecular weight excluding hydrogens is 292 g/mol. The summed E-state index contributed by atoms with van der Waals surface area (Å²) in [7, 11) is 0. The summed E-state index contributed by atoms with van der Waals surface area (Å²) in [6, 6.07) is 6.49. The SMILES string of the molecule is CC.CC.CC(=O)c1ccccc1O.CCCCCCC(=O)O. The van der Waals surface area contributed by atoms with Gasteiger partial charge in [-0.25, -0.2) is 0 Å². The first-order valence-corrected chi connectivity index (χ1v) is 8.49. The number of phenols is 1. The first kappa shape index (κ1) is 26.1. The highest BCUT2D eigenvalue weighted by Gasteiger charge is 2.02. The van der Waals surface area contributed by atoms with Crippen LogP contribution in [0.25, 0.3) is 0 Å². The van der Waals surface area contributed by atoms with E-state index in [-0.39, 0.29) is 11.5 Å². The summed E-state index contributed by atoms with van der Waals surface area (Å²) in [5.74, 6) is -0.737. The molecule has 0 atom stereocenters. The fraction of sp³-hybridized carbons (Fsp3) is 0.579. The van der Waals surface area contributed by atoms with E-state index in [0.717, 1.165) is 19.3 Å². The van der Waals surface area contributed by atoms with Crippen molar-refractivity contribution < 1.29 is 19.8 Å². The molecule has 0 aliphatic rings. The highest BCUT2D eigenvalue weighted by Crippen LogP contribution is 2.15. The fourth-order valence-electron chi connectivity index (χ4n) is 1.47. The van der Waals surface area contributed by atoms with Gasteiger partial charge in [-0.2, -0.15) is 0 Å². The molecule has 0 bridgehead atoms. The van der Waals surface area contributed by atoms with Crippen LogP contribution in [-0.4, -0.2) is 22.0 Å². The first-order valence-electron chi connectivity index (χ1n) is 8.49. The summed E-state index contributed by atoms with van der Waals surface area (Å²) < 4.78 is 0.